The second-order valence-corrected chi connectivity index (χ2v) is 9.34. The molecule has 0 unspecified atom stereocenters. The minimum atomic E-state index is -0.953. The average molecular weight is 318 g/mol. The van der Waals surface area contributed by atoms with Crippen molar-refractivity contribution in [2.75, 3.05) is 0 Å². The molecule has 0 fully saturated rings. The Balaban J connectivity index is 4.81. The monoisotopic (exact) mass is 318 g/mol. The lowest BCUT2D eigenvalue weighted by molar-refractivity contribution is -0.548. The first-order chi connectivity index (χ1) is 9.47. The predicted octanol–water partition coefficient (Wildman–Crippen LogP) is 5.66. The van der Waals surface area contributed by atoms with Crippen molar-refractivity contribution in [2.45, 2.75) is 106 Å². The summed E-state index contributed by atoms with van der Waals surface area (Å²) in [6.45, 7) is 24.5. The van der Waals surface area contributed by atoms with Crippen LogP contribution in [0.15, 0.2) is 0 Å². The Morgan fingerprint density at radius 3 is 0.955 bits per heavy atom. The number of hydrogen-bond acceptors (Lipinski definition) is 4. The summed E-state index contributed by atoms with van der Waals surface area (Å²) < 4.78 is 0. The molecule has 0 saturated heterocycles. The van der Waals surface area contributed by atoms with Gasteiger partial charge in [0.05, 0.1) is 0 Å². The van der Waals surface area contributed by atoms with Gasteiger partial charge in [-0.25, -0.2) is 9.78 Å². The van der Waals surface area contributed by atoms with E-state index in [0.717, 1.165) is 0 Å². The summed E-state index contributed by atoms with van der Waals surface area (Å²) in [6.07, 6.45) is 0.605. The zero-order chi connectivity index (χ0) is 18.0. The van der Waals surface area contributed by atoms with Crippen molar-refractivity contribution < 1.29 is 19.6 Å². The van der Waals surface area contributed by atoms with E-state index in [-0.39, 0.29) is 10.8 Å². The third-order valence-corrected chi connectivity index (χ3v) is 5.11. The summed E-state index contributed by atoms with van der Waals surface area (Å²) in [7, 11) is 0. The van der Waals surface area contributed by atoms with E-state index in [9.17, 15) is 0 Å². The topological polar surface area (TPSA) is 36.9 Å². The highest BCUT2D eigenvalue weighted by molar-refractivity contribution is 4.83. The Bertz CT molecular complexity index is 315. The lowest BCUT2D eigenvalue weighted by Crippen LogP contribution is -2.46. The molecule has 0 heterocycles. The molecule has 0 radical (unpaired) electrons. The van der Waals surface area contributed by atoms with Crippen LogP contribution in [-0.4, -0.2) is 17.0 Å². The SMILES string of the molecule is CCC(C)(OOC(C)(C)C(C)(C)C)OOC(C)(C)C(C)(C)C. The molecule has 0 N–H and O–H groups in total. The van der Waals surface area contributed by atoms with Gasteiger partial charge in [0.25, 0.3) is 0 Å². The van der Waals surface area contributed by atoms with Gasteiger partial charge < -0.3 is 0 Å². The number of hydrogen-bond donors (Lipinski definition) is 0. The third kappa shape index (κ3) is 5.80. The van der Waals surface area contributed by atoms with E-state index < -0.39 is 17.0 Å². The van der Waals surface area contributed by atoms with Gasteiger partial charge in [0.2, 0.25) is 5.79 Å². The highest BCUT2D eigenvalue weighted by Gasteiger charge is 2.41. The van der Waals surface area contributed by atoms with Gasteiger partial charge in [0, 0.05) is 6.42 Å². The molecule has 0 aromatic rings. The quantitative estimate of drug-likeness (QED) is 0.345. The van der Waals surface area contributed by atoms with Crippen LogP contribution in [0, 0.1) is 10.8 Å². The fraction of sp³-hybridized carbons (Fsp3) is 1.00. The van der Waals surface area contributed by atoms with Crippen LogP contribution < -0.4 is 0 Å². The van der Waals surface area contributed by atoms with Crippen LogP contribution in [0.25, 0.3) is 0 Å². The Morgan fingerprint density at radius 1 is 0.500 bits per heavy atom. The highest BCUT2D eigenvalue weighted by Crippen LogP contribution is 2.37. The Hall–Kier alpha value is -0.160. The molecule has 0 spiro atoms. The standard InChI is InChI=1S/C18H38O4/c1-13-18(12,21-19-16(8,9)14(2,3)4)22-20-17(10,11)15(5,6)7/h13H2,1-12H3. The summed E-state index contributed by atoms with van der Waals surface area (Å²) in [5.74, 6) is -0.953. The minimum Gasteiger partial charge on any atom is -0.227 e. The molecule has 0 aliphatic heterocycles. The first kappa shape index (κ1) is 21.8. The fourth-order valence-electron chi connectivity index (χ4n) is 0.766. The first-order valence-corrected chi connectivity index (χ1v) is 8.21. The largest absolute Gasteiger partial charge is 0.231 e. The van der Waals surface area contributed by atoms with Crippen molar-refractivity contribution in [2.24, 2.45) is 10.8 Å². The molecule has 0 rings (SSSR count). The molecule has 0 atom stereocenters. The highest BCUT2D eigenvalue weighted by atomic mass is 17.3. The summed E-state index contributed by atoms with van der Waals surface area (Å²) in [5, 5.41) is 0. The zero-order valence-electron chi connectivity index (χ0n) is 16.8. The van der Waals surface area contributed by atoms with Crippen molar-refractivity contribution in [3.05, 3.63) is 0 Å². The Morgan fingerprint density at radius 2 is 0.773 bits per heavy atom. The van der Waals surface area contributed by atoms with Gasteiger partial charge in [-0.1, -0.05) is 48.5 Å². The lowest BCUT2D eigenvalue weighted by Gasteiger charge is -2.41. The molecule has 0 aromatic carbocycles. The van der Waals surface area contributed by atoms with Gasteiger partial charge in [-0.2, -0.15) is 9.78 Å². The van der Waals surface area contributed by atoms with Crippen LogP contribution in [0.4, 0.5) is 0 Å². The van der Waals surface area contributed by atoms with Gasteiger partial charge in [-0.3, -0.25) is 0 Å². The molecular formula is C18H38O4. The predicted molar refractivity (Wildman–Crippen MR) is 90.1 cm³/mol. The van der Waals surface area contributed by atoms with Gasteiger partial charge in [-0.05, 0) is 45.4 Å². The second-order valence-electron chi connectivity index (χ2n) is 9.34. The van der Waals surface area contributed by atoms with Crippen molar-refractivity contribution >= 4 is 0 Å². The van der Waals surface area contributed by atoms with E-state index in [1.54, 1.807) is 0 Å². The molecule has 0 amide bonds. The van der Waals surface area contributed by atoms with Crippen LogP contribution >= 0.6 is 0 Å². The molecule has 4 nitrogen and oxygen atoms in total. The minimum absolute atomic E-state index is 0.0623. The van der Waals surface area contributed by atoms with Gasteiger partial charge in [0.1, 0.15) is 11.2 Å². The maximum Gasteiger partial charge on any atom is 0.231 e. The van der Waals surface area contributed by atoms with Crippen LogP contribution in [-0.2, 0) is 19.6 Å². The van der Waals surface area contributed by atoms with Gasteiger partial charge in [-0.15, -0.1) is 0 Å². The van der Waals surface area contributed by atoms with Gasteiger partial charge in [0.15, 0.2) is 0 Å². The molecule has 0 bridgehead atoms. The molecule has 0 aliphatic carbocycles. The smallest absolute Gasteiger partial charge is 0.227 e. The summed E-state index contributed by atoms with van der Waals surface area (Å²) in [5.41, 5.74) is -1.03. The molecule has 0 aromatic heterocycles. The van der Waals surface area contributed by atoms with Crippen molar-refractivity contribution in [1.82, 2.24) is 0 Å². The molecule has 0 saturated carbocycles. The Kier molecular flexibility index (Phi) is 6.71. The van der Waals surface area contributed by atoms with E-state index in [1.807, 2.05) is 41.5 Å². The van der Waals surface area contributed by atoms with Crippen LogP contribution in [0.3, 0.4) is 0 Å². The van der Waals surface area contributed by atoms with Crippen molar-refractivity contribution in [1.29, 1.82) is 0 Å². The Labute approximate surface area is 137 Å². The van der Waals surface area contributed by atoms with Crippen LogP contribution in [0.1, 0.15) is 89.5 Å². The maximum atomic E-state index is 5.70. The summed E-state index contributed by atoms with van der Waals surface area (Å²) in [4.78, 5) is 22.7. The maximum absolute atomic E-state index is 5.70. The van der Waals surface area contributed by atoms with Crippen molar-refractivity contribution in [3.63, 3.8) is 0 Å². The second kappa shape index (κ2) is 6.76. The van der Waals surface area contributed by atoms with E-state index in [4.69, 9.17) is 19.6 Å². The van der Waals surface area contributed by atoms with E-state index >= 15 is 0 Å². The average Bonchev–Trinajstić information content (AvgIpc) is 2.31. The molecule has 134 valence electrons. The molecule has 4 heteroatoms. The third-order valence-electron chi connectivity index (χ3n) is 5.11. The van der Waals surface area contributed by atoms with E-state index in [2.05, 4.69) is 41.5 Å². The zero-order valence-corrected chi connectivity index (χ0v) is 16.8. The summed E-state index contributed by atoms with van der Waals surface area (Å²) in [6, 6.07) is 0. The normalized spacial score (nSPS) is 15.3. The van der Waals surface area contributed by atoms with Crippen LogP contribution in [0.5, 0.6) is 0 Å². The fourth-order valence-corrected chi connectivity index (χ4v) is 0.766. The molecule has 0 aliphatic rings. The van der Waals surface area contributed by atoms with E-state index in [0.29, 0.717) is 6.42 Å². The van der Waals surface area contributed by atoms with Gasteiger partial charge >= 0.3 is 0 Å². The number of rotatable bonds is 7. The van der Waals surface area contributed by atoms with Crippen molar-refractivity contribution in [3.8, 4) is 0 Å². The molecular weight excluding hydrogens is 280 g/mol. The summed E-state index contributed by atoms with van der Waals surface area (Å²) >= 11 is 0. The lowest BCUT2D eigenvalue weighted by atomic mass is 9.79. The molecule has 22 heavy (non-hydrogen) atoms. The van der Waals surface area contributed by atoms with E-state index in [1.165, 1.54) is 0 Å². The first-order valence-electron chi connectivity index (χ1n) is 8.21. The van der Waals surface area contributed by atoms with Crippen LogP contribution in [0.2, 0.25) is 0 Å².